The Morgan fingerprint density at radius 1 is 0.808 bits per heavy atom. The fourth-order valence-electron chi connectivity index (χ4n) is 4.29. The van der Waals surface area contributed by atoms with Crippen LogP contribution in [0.25, 0.3) is 33.3 Å². The molecule has 0 N–H and O–H groups in total. The quantitative estimate of drug-likeness (QED) is 0.451. The smallest absolute Gasteiger partial charge is 0.118 e. The second-order valence-corrected chi connectivity index (χ2v) is 6.89. The van der Waals surface area contributed by atoms with E-state index in [1.807, 2.05) is 0 Å². The van der Waals surface area contributed by atoms with Gasteiger partial charge >= 0.3 is 0 Å². The minimum atomic E-state index is 0.894. The SMILES string of the molecule is COc1ccc(-c2c(-c3ccccc3)c3cccc4c3n2CCC4)cc1. The molecule has 1 aliphatic rings. The van der Waals surface area contributed by atoms with Gasteiger partial charge in [-0.2, -0.15) is 0 Å². The van der Waals surface area contributed by atoms with E-state index in [1.54, 1.807) is 7.11 Å². The first-order valence-corrected chi connectivity index (χ1v) is 9.21. The van der Waals surface area contributed by atoms with Gasteiger partial charge in [0.2, 0.25) is 0 Å². The van der Waals surface area contributed by atoms with Gasteiger partial charge in [-0.05, 0) is 53.8 Å². The molecular formula is C24H21NO. The normalized spacial score (nSPS) is 13.1. The molecule has 0 unspecified atom stereocenters. The molecule has 2 heteroatoms. The van der Waals surface area contributed by atoms with E-state index in [2.05, 4.69) is 77.4 Å². The fraction of sp³-hybridized carbons (Fsp3) is 0.167. The highest BCUT2D eigenvalue weighted by Crippen LogP contribution is 2.43. The van der Waals surface area contributed by atoms with Crippen LogP contribution in [0.1, 0.15) is 12.0 Å². The summed E-state index contributed by atoms with van der Waals surface area (Å²) in [5.41, 5.74) is 8.06. The van der Waals surface area contributed by atoms with Crippen molar-refractivity contribution in [2.75, 3.05) is 7.11 Å². The molecule has 0 radical (unpaired) electrons. The van der Waals surface area contributed by atoms with Crippen molar-refractivity contribution in [3.63, 3.8) is 0 Å². The Balaban J connectivity index is 1.88. The number of hydrogen-bond donors (Lipinski definition) is 0. The number of para-hydroxylation sites is 1. The summed E-state index contributed by atoms with van der Waals surface area (Å²) >= 11 is 0. The van der Waals surface area contributed by atoms with E-state index in [-0.39, 0.29) is 0 Å². The highest BCUT2D eigenvalue weighted by Gasteiger charge is 2.23. The maximum Gasteiger partial charge on any atom is 0.118 e. The zero-order chi connectivity index (χ0) is 17.5. The van der Waals surface area contributed by atoms with Crippen molar-refractivity contribution in [2.24, 2.45) is 0 Å². The van der Waals surface area contributed by atoms with Gasteiger partial charge in [-0.15, -0.1) is 0 Å². The van der Waals surface area contributed by atoms with Gasteiger partial charge < -0.3 is 9.30 Å². The average molecular weight is 339 g/mol. The lowest BCUT2D eigenvalue weighted by Gasteiger charge is -2.18. The monoisotopic (exact) mass is 339 g/mol. The Morgan fingerprint density at radius 3 is 2.38 bits per heavy atom. The molecule has 0 saturated heterocycles. The van der Waals surface area contributed by atoms with E-state index in [1.165, 1.54) is 45.3 Å². The van der Waals surface area contributed by atoms with Crippen molar-refractivity contribution in [2.45, 2.75) is 19.4 Å². The second kappa shape index (κ2) is 6.06. The molecule has 0 saturated carbocycles. The number of aromatic nitrogens is 1. The van der Waals surface area contributed by atoms with Crippen LogP contribution in [-0.4, -0.2) is 11.7 Å². The first-order chi connectivity index (χ1) is 12.9. The van der Waals surface area contributed by atoms with Gasteiger partial charge in [-0.1, -0.05) is 48.5 Å². The highest BCUT2D eigenvalue weighted by atomic mass is 16.5. The molecule has 5 rings (SSSR count). The van der Waals surface area contributed by atoms with Crippen LogP contribution >= 0.6 is 0 Å². The number of rotatable bonds is 3. The van der Waals surface area contributed by atoms with Crippen LogP contribution in [0.2, 0.25) is 0 Å². The lowest BCUT2D eigenvalue weighted by Crippen LogP contribution is -2.08. The van der Waals surface area contributed by atoms with Gasteiger partial charge in [-0.25, -0.2) is 0 Å². The van der Waals surface area contributed by atoms with Crippen LogP contribution in [0.15, 0.2) is 72.8 Å². The van der Waals surface area contributed by atoms with Gasteiger partial charge in [0.1, 0.15) is 5.75 Å². The molecule has 4 aromatic rings. The molecule has 0 bridgehead atoms. The zero-order valence-electron chi connectivity index (χ0n) is 14.9. The predicted octanol–water partition coefficient (Wildman–Crippen LogP) is 5.93. The van der Waals surface area contributed by atoms with Gasteiger partial charge in [0, 0.05) is 17.5 Å². The van der Waals surface area contributed by atoms with Gasteiger partial charge in [-0.3, -0.25) is 0 Å². The molecule has 2 heterocycles. The van der Waals surface area contributed by atoms with E-state index in [0.717, 1.165) is 18.7 Å². The van der Waals surface area contributed by atoms with Crippen molar-refractivity contribution in [1.82, 2.24) is 4.57 Å². The molecule has 26 heavy (non-hydrogen) atoms. The summed E-state index contributed by atoms with van der Waals surface area (Å²) in [6.45, 7) is 1.07. The molecule has 0 amide bonds. The molecule has 128 valence electrons. The van der Waals surface area contributed by atoms with Crippen LogP contribution in [-0.2, 0) is 13.0 Å². The maximum atomic E-state index is 5.36. The third kappa shape index (κ3) is 2.26. The van der Waals surface area contributed by atoms with Crippen LogP contribution in [0.5, 0.6) is 5.75 Å². The number of hydrogen-bond acceptors (Lipinski definition) is 1. The second-order valence-electron chi connectivity index (χ2n) is 6.89. The molecule has 1 aromatic heterocycles. The summed E-state index contributed by atoms with van der Waals surface area (Å²) in [6, 6.07) is 26.0. The molecule has 0 fully saturated rings. The van der Waals surface area contributed by atoms with Gasteiger partial charge in [0.25, 0.3) is 0 Å². The lowest BCUT2D eigenvalue weighted by molar-refractivity contribution is 0.415. The molecule has 0 aliphatic carbocycles. The number of ether oxygens (including phenoxy) is 1. The number of methoxy groups -OCH3 is 1. The third-order valence-corrected chi connectivity index (χ3v) is 5.42. The number of nitrogens with zero attached hydrogens (tertiary/aromatic N) is 1. The Labute approximate surface area is 153 Å². The summed E-state index contributed by atoms with van der Waals surface area (Å²) in [4.78, 5) is 0. The molecule has 1 aliphatic heterocycles. The predicted molar refractivity (Wildman–Crippen MR) is 108 cm³/mol. The fourth-order valence-corrected chi connectivity index (χ4v) is 4.29. The van der Waals surface area contributed by atoms with Gasteiger partial charge in [0.15, 0.2) is 0 Å². The van der Waals surface area contributed by atoms with Crippen LogP contribution in [0.3, 0.4) is 0 Å². The number of benzene rings is 3. The first-order valence-electron chi connectivity index (χ1n) is 9.21. The Kier molecular flexibility index (Phi) is 3.56. The van der Waals surface area contributed by atoms with Crippen LogP contribution < -0.4 is 4.74 Å². The first kappa shape index (κ1) is 15.3. The Morgan fingerprint density at radius 2 is 1.62 bits per heavy atom. The van der Waals surface area contributed by atoms with Crippen LogP contribution in [0.4, 0.5) is 0 Å². The van der Waals surface area contributed by atoms with E-state index in [9.17, 15) is 0 Å². The topological polar surface area (TPSA) is 14.2 Å². The molecular weight excluding hydrogens is 318 g/mol. The molecule has 0 atom stereocenters. The molecule has 0 spiro atoms. The minimum Gasteiger partial charge on any atom is -0.497 e. The number of aryl methyl sites for hydroxylation is 2. The summed E-state index contributed by atoms with van der Waals surface area (Å²) < 4.78 is 7.89. The van der Waals surface area contributed by atoms with Crippen molar-refractivity contribution in [3.05, 3.63) is 78.4 Å². The van der Waals surface area contributed by atoms with E-state index in [4.69, 9.17) is 4.74 Å². The van der Waals surface area contributed by atoms with Crippen molar-refractivity contribution < 1.29 is 4.74 Å². The zero-order valence-corrected chi connectivity index (χ0v) is 14.9. The Bertz CT molecular complexity index is 1070. The van der Waals surface area contributed by atoms with E-state index >= 15 is 0 Å². The summed E-state index contributed by atoms with van der Waals surface area (Å²) in [6.07, 6.45) is 2.36. The van der Waals surface area contributed by atoms with Crippen molar-refractivity contribution in [1.29, 1.82) is 0 Å². The molecule has 3 aromatic carbocycles. The summed E-state index contributed by atoms with van der Waals surface area (Å²) in [7, 11) is 1.71. The maximum absolute atomic E-state index is 5.36. The third-order valence-electron chi connectivity index (χ3n) is 5.42. The summed E-state index contributed by atoms with van der Waals surface area (Å²) in [5, 5.41) is 1.36. The Hall–Kier alpha value is -3.00. The minimum absolute atomic E-state index is 0.894. The highest BCUT2D eigenvalue weighted by molar-refractivity contribution is 6.05. The summed E-state index contributed by atoms with van der Waals surface area (Å²) in [5.74, 6) is 0.894. The largest absolute Gasteiger partial charge is 0.497 e. The van der Waals surface area contributed by atoms with Crippen LogP contribution in [0, 0.1) is 0 Å². The van der Waals surface area contributed by atoms with Gasteiger partial charge in [0.05, 0.1) is 18.3 Å². The molecule has 2 nitrogen and oxygen atoms in total. The van der Waals surface area contributed by atoms with Crippen molar-refractivity contribution in [3.8, 4) is 28.1 Å². The van der Waals surface area contributed by atoms with E-state index in [0.29, 0.717) is 0 Å². The lowest BCUT2D eigenvalue weighted by atomic mass is 9.97. The van der Waals surface area contributed by atoms with E-state index < -0.39 is 0 Å². The average Bonchev–Trinajstić information content (AvgIpc) is 3.05. The van der Waals surface area contributed by atoms with Crippen molar-refractivity contribution >= 4 is 10.9 Å². The standard InChI is InChI=1S/C24H21NO/c1-26-20-14-12-19(13-15-20)24-22(17-7-3-2-4-8-17)21-11-5-9-18-10-6-16-25(24)23(18)21/h2-5,7-9,11-15H,6,10,16H2,1H3.